The minimum Gasteiger partial charge on any atom is -0.357 e. The molecule has 2 unspecified atom stereocenters. The lowest BCUT2D eigenvalue weighted by Crippen LogP contribution is -2.45. The number of nitrogens with one attached hydrogen (secondary N) is 2. The van der Waals surface area contributed by atoms with Crippen LogP contribution in [0.1, 0.15) is 33.6 Å². The van der Waals surface area contributed by atoms with Crippen LogP contribution in [-0.2, 0) is 11.3 Å². The van der Waals surface area contributed by atoms with Crippen molar-refractivity contribution in [2.75, 3.05) is 26.2 Å². The maximum Gasteiger partial charge on any atom is 0.222 e. The monoisotopic (exact) mass is 334 g/mol. The molecule has 7 nitrogen and oxygen atoms in total. The van der Waals surface area contributed by atoms with E-state index in [0.717, 1.165) is 45.1 Å². The standard InChI is InChI=1S/C17H30N6O/c1-4-16(24)22-10-7-15(13-22)21-17(18-5-2)19-11-14(3)12-23-9-6-8-20-23/h6,8-9,14-15H,4-5,7,10-13H2,1-3H3,(H2,18,19,21). The van der Waals surface area contributed by atoms with Crippen molar-refractivity contribution in [3.8, 4) is 0 Å². The summed E-state index contributed by atoms with van der Waals surface area (Å²) < 4.78 is 1.94. The minimum absolute atomic E-state index is 0.231. The summed E-state index contributed by atoms with van der Waals surface area (Å²) in [5.41, 5.74) is 0. The van der Waals surface area contributed by atoms with Gasteiger partial charge in [0.25, 0.3) is 0 Å². The summed E-state index contributed by atoms with van der Waals surface area (Å²) in [7, 11) is 0. The normalized spacial score (nSPS) is 19.4. The Kier molecular flexibility index (Phi) is 7.08. The highest BCUT2D eigenvalue weighted by atomic mass is 16.2. The molecule has 0 radical (unpaired) electrons. The second-order valence-electron chi connectivity index (χ2n) is 6.38. The molecule has 0 saturated carbocycles. The zero-order chi connectivity index (χ0) is 17.4. The Bertz CT molecular complexity index is 527. The second kappa shape index (κ2) is 9.30. The van der Waals surface area contributed by atoms with Crippen LogP contribution >= 0.6 is 0 Å². The predicted molar refractivity (Wildman–Crippen MR) is 95.8 cm³/mol. The largest absolute Gasteiger partial charge is 0.357 e. The van der Waals surface area contributed by atoms with Crippen LogP contribution in [0.5, 0.6) is 0 Å². The van der Waals surface area contributed by atoms with E-state index in [9.17, 15) is 4.79 Å². The molecule has 2 atom stereocenters. The van der Waals surface area contributed by atoms with Crippen LogP contribution in [0.4, 0.5) is 0 Å². The maximum atomic E-state index is 11.8. The molecule has 0 bridgehead atoms. The molecule has 1 aromatic rings. The zero-order valence-corrected chi connectivity index (χ0v) is 15.0. The predicted octanol–water partition coefficient (Wildman–Crippen LogP) is 1.09. The van der Waals surface area contributed by atoms with Gasteiger partial charge in [0, 0.05) is 57.6 Å². The van der Waals surface area contributed by atoms with E-state index in [-0.39, 0.29) is 11.9 Å². The van der Waals surface area contributed by atoms with Gasteiger partial charge in [-0.2, -0.15) is 5.10 Å². The third-order valence-corrected chi connectivity index (χ3v) is 4.15. The molecule has 24 heavy (non-hydrogen) atoms. The van der Waals surface area contributed by atoms with Crippen molar-refractivity contribution in [1.82, 2.24) is 25.3 Å². The topological polar surface area (TPSA) is 74.6 Å². The lowest BCUT2D eigenvalue weighted by molar-refractivity contribution is -0.129. The number of carbonyl (C=O) groups excluding carboxylic acids is 1. The maximum absolute atomic E-state index is 11.8. The Morgan fingerprint density at radius 3 is 2.96 bits per heavy atom. The molecule has 1 saturated heterocycles. The Balaban J connectivity index is 1.83. The van der Waals surface area contributed by atoms with Gasteiger partial charge >= 0.3 is 0 Å². The highest BCUT2D eigenvalue weighted by molar-refractivity contribution is 5.80. The number of aromatic nitrogens is 2. The Hall–Kier alpha value is -2.05. The van der Waals surface area contributed by atoms with E-state index in [2.05, 4.69) is 29.6 Å². The number of carbonyl (C=O) groups is 1. The highest BCUT2D eigenvalue weighted by Crippen LogP contribution is 2.10. The van der Waals surface area contributed by atoms with Crippen LogP contribution in [0.25, 0.3) is 0 Å². The number of hydrogen-bond acceptors (Lipinski definition) is 3. The van der Waals surface area contributed by atoms with Crippen molar-refractivity contribution in [2.24, 2.45) is 10.9 Å². The van der Waals surface area contributed by atoms with E-state index >= 15 is 0 Å². The first-order valence-corrected chi connectivity index (χ1v) is 8.92. The molecule has 1 amide bonds. The van der Waals surface area contributed by atoms with E-state index in [4.69, 9.17) is 4.99 Å². The van der Waals surface area contributed by atoms with E-state index < -0.39 is 0 Å². The smallest absolute Gasteiger partial charge is 0.222 e. The summed E-state index contributed by atoms with van der Waals surface area (Å²) in [6.07, 6.45) is 5.32. The number of amides is 1. The van der Waals surface area contributed by atoms with Gasteiger partial charge in [-0.1, -0.05) is 13.8 Å². The number of hydrogen-bond donors (Lipinski definition) is 2. The SMILES string of the molecule is CCNC(=NCC(C)Cn1cccn1)NC1CCN(C(=O)CC)C1. The first kappa shape index (κ1) is 18.3. The van der Waals surface area contributed by atoms with E-state index in [1.165, 1.54) is 0 Å². The molecule has 1 fully saturated rings. The Morgan fingerprint density at radius 2 is 2.29 bits per heavy atom. The number of rotatable bonds is 7. The lowest BCUT2D eigenvalue weighted by atomic mass is 10.2. The van der Waals surface area contributed by atoms with Gasteiger partial charge in [0.1, 0.15) is 0 Å². The van der Waals surface area contributed by atoms with Crippen LogP contribution in [0.15, 0.2) is 23.5 Å². The fourth-order valence-electron chi connectivity index (χ4n) is 2.87. The van der Waals surface area contributed by atoms with Gasteiger partial charge in [0.2, 0.25) is 5.91 Å². The zero-order valence-electron chi connectivity index (χ0n) is 15.0. The van der Waals surface area contributed by atoms with Crippen LogP contribution in [-0.4, -0.2) is 58.8 Å². The molecule has 1 aromatic heterocycles. The molecule has 1 aliphatic rings. The third-order valence-electron chi connectivity index (χ3n) is 4.15. The van der Waals surface area contributed by atoms with Gasteiger partial charge in [-0.25, -0.2) is 0 Å². The average molecular weight is 334 g/mol. The van der Waals surface area contributed by atoms with Crippen molar-refractivity contribution in [3.05, 3.63) is 18.5 Å². The van der Waals surface area contributed by atoms with Gasteiger partial charge < -0.3 is 15.5 Å². The molecule has 0 spiro atoms. The molecular weight excluding hydrogens is 304 g/mol. The fraction of sp³-hybridized carbons (Fsp3) is 0.706. The average Bonchev–Trinajstić information content (AvgIpc) is 3.24. The van der Waals surface area contributed by atoms with Crippen molar-refractivity contribution in [1.29, 1.82) is 0 Å². The van der Waals surface area contributed by atoms with Crippen molar-refractivity contribution in [3.63, 3.8) is 0 Å². The van der Waals surface area contributed by atoms with Gasteiger partial charge in [0.05, 0.1) is 0 Å². The molecule has 134 valence electrons. The lowest BCUT2D eigenvalue weighted by Gasteiger charge is -2.19. The van der Waals surface area contributed by atoms with Gasteiger partial charge in [-0.3, -0.25) is 14.5 Å². The third kappa shape index (κ3) is 5.54. The minimum atomic E-state index is 0.231. The van der Waals surface area contributed by atoms with Crippen molar-refractivity contribution >= 4 is 11.9 Å². The van der Waals surface area contributed by atoms with E-state index in [1.54, 1.807) is 6.20 Å². The molecule has 7 heteroatoms. The van der Waals surface area contributed by atoms with E-state index in [0.29, 0.717) is 12.3 Å². The van der Waals surface area contributed by atoms with Gasteiger partial charge in [0.15, 0.2) is 5.96 Å². The summed E-state index contributed by atoms with van der Waals surface area (Å²) >= 11 is 0. The highest BCUT2D eigenvalue weighted by Gasteiger charge is 2.25. The molecule has 2 rings (SSSR count). The summed E-state index contributed by atoms with van der Waals surface area (Å²) in [4.78, 5) is 18.4. The quantitative estimate of drug-likeness (QED) is 0.578. The van der Waals surface area contributed by atoms with E-state index in [1.807, 2.05) is 28.8 Å². The number of aliphatic imine (C=N–C) groups is 1. The fourth-order valence-corrected chi connectivity index (χ4v) is 2.87. The summed E-state index contributed by atoms with van der Waals surface area (Å²) in [6.45, 7) is 10.2. The molecule has 0 aromatic carbocycles. The first-order valence-electron chi connectivity index (χ1n) is 8.92. The summed E-state index contributed by atoms with van der Waals surface area (Å²) in [6, 6.07) is 2.21. The van der Waals surface area contributed by atoms with Gasteiger partial charge in [-0.15, -0.1) is 0 Å². The second-order valence-corrected chi connectivity index (χ2v) is 6.38. The molecule has 2 N–H and O–H groups in total. The Labute approximate surface area is 144 Å². The summed E-state index contributed by atoms with van der Waals surface area (Å²) in [5.74, 6) is 1.47. The summed E-state index contributed by atoms with van der Waals surface area (Å²) in [5, 5.41) is 11.0. The van der Waals surface area contributed by atoms with Crippen molar-refractivity contribution in [2.45, 2.75) is 46.2 Å². The molecule has 2 heterocycles. The van der Waals surface area contributed by atoms with Crippen molar-refractivity contribution < 1.29 is 4.79 Å². The van der Waals surface area contributed by atoms with Crippen LogP contribution in [0, 0.1) is 5.92 Å². The molecule has 1 aliphatic heterocycles. The van der Waals surface area contributed by atoms with Gasteiger partial charge in [-0.05, 0) is 25.3 Å². The first-order chi connectivity index (χ1) is 11.6. The number of likely N-dealkylation sites (tertiary alicyclic amines) is 1. The molecular formula is C17H30N6O. The van der Waals surface area contributed by atoms with Crippen LogP contribution in [0.3, 0.4) is 0 Å². The number of guanidine groups is 1. The van der Waals surface area contributed by atoms with Crippen LogP contribution < -0.4 is 10.6 Å². The Morgan fingerprint density at radius 1 is 1.46 bits per heavy atom. The number of nitrogens with zero attached hydrogens (tertiary/aromatic N) is 4. The molecule has 0 aliphatic carbocycles. The van der Waals surface area contributed by atoms with Crippen LogP contribution in [0.2, 0.25) is 0 Å².